The summed E-state index contributed by atoms with van der Waals surface area (Å²) in [5.41, 5.74) is 1.30. The van der Waals surface area contributed by atoms with Gasteiger partial charge in [0.05, 0.1) is 43.1 Å². The number of carboxylic acid groups (broad SMARTS) is 1. The van der Waals surface area contributed by atoms with Gasteiger partial charge in [0.15, 0.2) is 0 Å². The minimum Gasteiger partial charge on any atom is -0.508 e. The molecule has 0 unspecified atom stereocenters. The predicted molar refractivity (Wildman–Crippen MR) is 201 cm³/mol. The summed E-state index contributed by atoms with van der Waals surface area (Å²) in [4.78, 5) is 33.6. The van der Waals surface area contributed by atoms with Crippen molar-refractivity contribution in [2.24, 2.45) is 0 Å². The van der Waals surface area contributed by atoms with E-state index in [1.807, 2.05) is 12.1 Å². The monoisotopic (exact) mass is 768 g/mol. The standard InChI is InChI=1S/C14H18O3.C13H16O3.C8H8O3.C6H11Br/c1-16-14(15)11-7-9-13(10-8-11)17-12-5-3-2-4-6-12;14-13(15)10-6-8-12(9-7-10)16-11-4-2-1-3-5-11;1-11-8(10)6-2-4-7(9)5-3-6;7-6-4-2-1-3-5-6/h7-10,12H,2-6H2,1H3;6-9,11H,1-5H2,(H,14,15);2-5,9H,1H3;6H,1-5H2. The lowest BCUT2D eigenvalue weighted by atomic mass is 9.98. The average molecular weight is 770 g/mol. The molecule has 0 aliphatic heterocycles. The molecule has 10 heteroatoms. The van der Waals surface area contributed by atoms with Crippen LogP contribution < -0.4 is 9.47 Å². The summed E-state index contributed by atoms with van der Waals surface area (Å²) in [5.74, 6) is 0.141. The lowest BCUT2D eigenvalue weighted by molar-refractivity contribution is 0.0591. The van der Waals surface area contributed by atoms with Crippen molar-refractivity contribution in [3.63, 3.8) is 0 Å². The number of aromatic carboxylic acids is 1. The van der Waals surface area contributed by atoms with Gasteiger partial charge in [0.2, 0.25) is 0 Å². The molecule has 0 heterocycles. The number of carbonyl (C=O) groups excluding carboxylic acids is 2. The molecule has 0 spiro atoms. The number of benzene rings is 3. The van der Waals surface area contributed by atoms with Gasteiger partial charge in [0, 0.05) is 4.83 Å². The van der Waals surface area contributed by atoms with Gasteiger partial charge in [-0.1, -0.05) is 48.0 Å². The fourth-order valence-corrected chi connectivity index (χ4v) is 6.63. The second-order valence-corrected chi connectivity index (χ2v) is 14.2. The minimum absolute atomic E-state index is 0.137. The van der Waals surface area contributed by atoms with Crippen LogP contribution in [0.15, 0.2) is 72.8 Å². The smallest absolute Gasteiger partial charge is 0.337 e. The molecule has 0 atom stereocenters. The van der Waals surface area contributed by atoms with Crippen LogP contribution in [0.1, 0.15) is 127 Å². The molecule has 0 bridgehead atoms. The summed E-state index contributed by atoms with van der Waals surface area (Å²) < 4.78 is 20.8. The number of hydrogen-bond acceptors (Lipinski definition) is 8. The molecule has 3 fully saturated rings. The number of methoxy groups -OCH3 is 2. The zero-order valence-corrected chi connectivity index (χ0v) is 31.5. The van der Waals surface area contributed by atoms with Crippen LogP contribution in [0.4, 0.5) is 0 Å². The Labute approximate surface area is 310 Å². The van der Waals surface area contributed by atoms with E-state index >= 15 is 0 Å². The molecule has 9 nitrogen and oxygen atoms in total. The van der Waals surface area contributed by atoms with E-state index in [-0.39, 0.29) is 11.7 Å². The first-order valence-electron chi connectivity index (χ1n) is 18.0. The molecule has 3 aliphatic carbocycles. The maximum absolute atomic E-state index is 11.3. The molecule has 3 aliphatic rings. The molecule has 6 rings (SSSR count). The second kappa shape index (κ2) is 23.4. The molecule has 0 radical (unpaired) electrons. The van der Waals surface area contributed by atoms with Crippen molar-refractivity contribution < 1.29 is 43.5 Å². The summed E-state index contributed by atoms with van der Waals surface area (Å²) >= 11 is 3.59. The number of phenols is 1. The van der Waals surface area contributed by atoms with Gasteiger partial charge >= 0.3 is 17.9 Å². The normalized spacial score (nSPS) is 16.3. The Morgan fingerprint density at radius 1 is 0.529 bits per heavy atom. The van der Waals surface area contributed by atoms with E-state index in [1.54, 1.807) is 36.4 Å². The number of phenolic OH excluding ortho intramolecular Hbond substituents is 1. The van der Waals surface area contributed by atoms with Crippen LogP contribution in [0, 0.1) is 0 Å². The Morgan fingerprint density at radius 2 is 0.863 bits per heavy atom. The van der Waals surface area contributed by atoms with Gasteiger partial charge in [0.25, 0.3) is 0 Å². The number of carboxylic acids is 1. The van der Waals surface area contributed by atoms with Gasteiger partial charge in [-0.15, -0.1) is 0 Å². The van der Waals surface area contributed by atoms with Crippen LogP contribution in [-0.2, 0) is 9.47 Å². The van der Waals surface area contributed by atoms with Crippen molar-refractivity contribution in [1.29, 1.82) is 0 Å². The maximum Gasteiger partial charge on any atom is 0.337 e. The molecule has 0 saturated heterocycles. The first kappa shape index (κ1) is 41.4. The average Bonchev–Trinajstić information content (AvgIpc) is 3.17. The zero-order chi connectivity index (χ0) is 36.8. The Kier molecular flexibility index (Phi) is 19.0. The van der Waals surface area contributed by atoms with Crippen LogP contribution in [0.3, 0.4) is 0 Å². The van der Waals surface area contributed by atoms with Gasteiger partial charge < -0.3 is 29.2 Å². The van der Waals surface area contributed by atoms with E-state index in [1.165, 1.54) is 109 Å². The fourth-order valence-electron chi connectivity index (χ4n) is 5.98. The van der Waals surface area contributed by atoms with Crippen LogP contribution in [-0.4, -0.2) is 59.4 Å². The van der Waals surface area contributed by atoms with Crippen molar-refractivity contribution in [3.8, 4) is 17.2 Å². The predicted octanol–water partition coefficient (Wildman–Crippen LogP) is 10.2. The summed E-state index contributed by atoms with van der Waals surface area (Å²) in [5, 5.41) is 17.6. The van der Waals surface area contributed by atoms with Crippen molar-refractivity contribution in [2.75, 3.05) is 14.2 Å². The van der Waals surface area contributed by atoms with Crippen LogP contribution >= 0.6 is 15.9 Å². The Hall–Kier alpha value is -4.05. The third kappa shape index (κ3) is 16.2. The SMILES string of the molecule is BrC1CCCCC1.COC(=O)c1ccc(O)cc1.COC(=O)c1ccc(OC2CCCCC2)cc1.O=C(O)c1ccc(OC2CCCCC2)cc1. The Bertz CT molecular complexity index is 1420. The highest BCUT2D eigenvalue weighted by molar-refractivity contribution is 9.09. The molecular formula is C41H53BrO9. The largest absolute Gasteiger partial charge is 0.508 e. The van der Waals surface area contributed by atoms with Crippen molar-refractivity contribution in [2.45, 2.75) is 113 Å². The van der Waals surface area contributed by atoms with E-state index < -0.39 is 11.9 Å². The van der Waals surface area contributed by atoms with Crippen LogP contribution in [0.5, 0.6) is 17.2 Å². The van der Waals surface area contributed by atoms with Gasteiger partial charge in [0.1, 0.15) is 17.2 Å². The van der Waals surface area contributed by atoms with Crippen LogP contribution in [0.2, 0.25) is 0 Å². The van der Waals surface area contributed by atoms with Crippen molar-refractivity contribution >= 4 is 33.8 Å². The van der Waals surface area contributed by atoms with E-state index in [2.05, 4.69) is 25.4 Å². The molecule has 3 aromatic carbocycles. The topological polar surface area (TPSA) is 129 Å². The fraction of sp³-hybridized carbons (Fsp3) is 0.488. The Balaban J connectivity index is 0.000000192. The summed E-state index contributed by atoms with van der Waals surface area (Å²) in [6, 6.07) is 19.7. The number of alkyl halides is 1. The summed E-state index contributed by atoms with van der Waals surface area (Å²) in [7, 11) is 2.70. The third-order valence-corrected chi connectivity index (χ3v) is 9.83. The van der Waals surface area contributed by atoms with E-state index in [4.69, 9.17) is 19.7 Å². The van der Waals surface area contributed by atoms with Crippen molar-refractivity contribution in [3.05, 3.63) is 89.5 Å². The highest BCUT2D eigenvalue weighted by Crippen LogP contribution is 2.25. The molecule has 2 N–H and O–H groups in total. The number of rotatable bonds is 7. The highest BCUT2D eigenvalue weighted by Gasteiger charge is 2.16. The number of hydrogen-bond donors (Lipinski definition) is 2. The number of halogens is 1. The van der Waals surface area contributed by atoms with E-state index in [0.29, 0.717) is 28.9 Å². The van der Waals surface area contributed by atoms with Gasteiger partial charge in [-0.25, -0.2) is 14.4 Å². The van der Waals surface area contributed by atoms with Gasteiger partial charge in [-0.2, -0.15) is 0 Å². The molecule has 0 amide bonds. The molecule has 0 aromatic heterocycles. The lowest BCUT2D eigenvalue weighted by Gasteiger charge is -2.22. The molecule has 3 saturated carbocycles. The molecule has 3 aromatic rings. The molecule has 51 heavy (non-hydrogen) atoms. The van der Waals surface area contributed by atoms with Gasteiger partial charge in [-0.3, -0.25) is 0 Å². The number of aromatic hydroxyl groups is 1. The highest BCUT2D eigenvalue weighted by atomic mass is 79.9. The quantitative estimate of drug-likeness (QED) is 0.178. The Morgan fingerprint density at radius 3 is 1.18 bits per heavy atom. The third-order valence-electron chi connectivity index (χ3n) is 8.91. The summed E-state index contributed by atoms with van der Waals surface area (Å²) in [6.45, 7) is 0. The second-order valence-electron chi connectivity index (χ2n) is 12.9. The number of esters is 2. The number of carbonyl (C=O) groups is 3. The molecular weight excluding hydrogens is 716 g/mol. The lowest BCUT2D eigenvalue weighted by Crippen LogP contribution is -2.19. The van der Waals surface area contributed by atoms with Crippen molar-refractivity contribution in [1.82, 2.24) is 0 Å². The van der Waals surface area contributed by atoms with Crippen LogP contribution in [0.25, 0.3) is 0 Å². The minimum atomic E-state index is -0.899. The molecule has 278 valence electrons. The number of ether oxygens (including phenoxy) is 4. The first-order chi connectivity index (χ1) is 24.7. The first-order valence-corrected chi connectivity index (χ1v) is 19.0. The van der Waals surface area contributed by atoms with E-state index in [0.717, 1.165) is 42.0 Å². The summed E-state index contributed by atoms with van der Waals surface area (Å²) in [6.07, 6.45) is 19.9. The maximum atomic E-state index is 11.3. The van der Waals surface area contributed by atoms with E-state index in [9.17, 15) is 14.4 Å². The van der Waals surface area contributed by atoms with Gasteiger partial charge in [-0.05, 0) is 137 Å². The zero-order valence-electron chi connectivity index (χ0n) is 29.9.